The molecule has 0 aromatic heterocycles. The van der Waals surface area contributed by atoms with Gasteiger partial charge < -0.3 is 16.6 Å². The lowest BCUT2D eigenvalue weighted by molar-refractivity contribution is -0.140. The Morgan fingerprint density at radius 3 is 2.89 bits per heavy atom. The Morgan fingerprint density at radius 2 is 2.56 bits per heavy atom. The van der Waals surface area contributed by atoms with Crippen LogP contribution in [0.3, 0.4) is 0 Å². The molecule has 0 aromatic rings. The van der Waals surface area contributed by atoms with Gasteiger partial charge >= 0.3 is 5.97 Å². The van der Waals surface area contributed by atoms with Gasteiger partial charge in [0, 0.05) is 0 Å². The maximum absolute atomic E-state index is 10.6. The second-order valence-corrected chi connectivity index (χ2v) is 1.51. The van der Waals surface area contributed by atoms with E-state index in [0.717, 1.165) is 0 Å². The molecule has 0 fully saturated rings. The van der Waals surface area contributed by atoms with Crippen molar-refractivity contribution in [2.45, 2.75) is 12.5 Å². The summed E-state index contributed by atoms with van der Waals surface area (Å²) in [6, 6.07) is -1.43. The van der Waals surface area contributed by atoms with Gasteiger partial charge in [-0.15, -0.1) is 0 Å². The topological polar surface area (TPSA) is 106 Å². The predicted molar refractivity (Wildman–Crippen MR) is 29.4 cm³/mol. The summed E-state index contributed by atoms with van der Waals surface area (Å²) >= 11 is 0. The zero-order valence-electron chi connectivity index (χ0n) is 7.53. The molecule has 0 rings (SSSR count). The first-order valence-electron chi connectivity index (χ1n) is 3.51. The van der Waals surface area contributed by atoms with Crippen LogP contribution in [0.15, 0.2) is 0 Å². The molecule has 1 amide bonds. The van der Waals surface area contributed by atoms with Crippen LogP contribution >= 0.6 is 0 Å². The van der Waals surface area contributed by atoms with Crippen molar-refractivity contribution in [1.82, 2.24) is 0 Å². The van der Waals surface area contributed by atoms with E-state index < -0.39 is 24.3 Å². The van der Waals surface area contributed by atoms with Crippen molar-refractivity contribution < 1.29 is 17.5 Å². The first-order chi connectivity index (χ1) is 5.49. The second-order valence-electron chi connectivity index (χ2n) is 1.51. The van der Waals surface area contributed by atoms with Crippen molar-refractivity contribution in [3.05, 3.63) is 0 Å². The minimum atomic E-state index is -1.43. The number of carbonyl (C=O) groups is 2. The zero-order chi connectivity index (χ0) is 9.72. The van der Waals surface area contributed by atoms with Crippen LogP contribution < -0.4 is 11.5 Å². The number of aliphatic carboxylic acids is 1. The van der Waals surface area contributed by atoms with Crippen molar-refractivity contribution in [2.75, 3.05) is 0 Å². The molecule has 0 aliphatic carbocycles. The lowest BCUT2D eigenvalue weighted by atomic mass is 10.2. The fourth-order valence-electron chi connectivity index (χ4n) is 0.274. The van der Waals surface area contributed by atoms with Gasteiger partial charge in [-0.3, -0.25) is 9.59 Å². The number of hydrogen-bond donors (Lipinski definition) is 3. The van der Waals surface area contributed by atoms with Gasteiger partial charge in [0.1, 0.15) is 8.87 Å². The number of amides is 1. The molecule has 0 unspecified atom stereocenters. The van der Waals surface area contributed by atoms with Gasteiger partial charge in [-0.2, -0.15) is 0 Å². The van der Waals surface area contributed by atoms with Crippen molar-refractivity contribution >= 4 is 11.9 Å². The van der Waals surface area contributed by atoms with E-state index in [2.05, 4.69) is 5.11 Å². The maximum atomic E-state index is 10.6. The molecule has 0 spiro atoms. The van der Waals surface area contributed by atoms with Crippen molar-refractivity contribution in [2.24, 2.45) is 11.5 Å². The van der Waals surface area contributed by atoms with Crippen molar-refractivity contribution in [3.8, 4) is 0 Å². The maximum Gasteiger partial charge on any atom is 0.321 e. The zero-order valence-corrected chi connectivity index (χ0v) is 4.53. The molecule has 0 bridgehead atoms. The van der Waals surface area contributed by atoms with Crippen LogP contribution in [0.5, 0.6) is 0 Å². The van der Waals surface area contributed by atoms with E-state index in [-0.39, 0.29) is 5.72 Å². The molecule has 5 heteroatoms. The smallest absolute Gasteiger partial charge is 0.321 e. The largest absolute Gasteiger partial charge is 0.480 e. The van der Waals surface area contributed by atoms with E-state index in [1.807, 2.05) is 0 Å². The van der Waals surface area contributed by atoms with Crippen LogP contribution in [-0.4, -0.2) is 23.0 Å². The minimum Gasteiger partial charge on any atom is -0.480 e. The summed E-state index contributed by atoms with van der Waals surface area (Å²) in [6.45, 7) is 0. The standard InChI is InChI=1S/C4H8N2O3/c5-2(4(8)9)1-3(6)7/h2H,1,5H2,(H2,6,7)(H,8,9)/t2-/m0/s1/i/hD3. The molecule has 1 atom stereocenters. The Hall–Kier alpha value is -1.10. The molecule has 52 valence electrons. The highest BCUT2D eigenvalue weighted by Gasteiger charge is 2.13. The van der Waals surface area contributed by atoms with Gasteiger partial charge in [0.15, 0.2) is 0 Å². The minimum absolute atomic E-state index is 0.0262. The normalized spacial score (nSPS) is 17.2. The highest BCUT2D eigenvalue weighted by atomic mass is 16.4. The van der Waals surface area contributed by atoms with E-state index in [1.54, 1.807) is 0 Å². The van der Waals surface area contributed by atoms with Crippen LogP contribution in [0.2, 0.25) is 2.82 Å². The Balaban J connectivity index is 4.23. The van der Waals surface area contributed by atoms with Crippen molar-refractivity contribution in [3.63, 3.8) is 0 Å². The summed E-state index contributed by atoms with van der Waals surface area (Å²) in [4.78, 5) is 20.9. The highest BCUT2D eigenvalue weighted by molar-refractivity contribution is 5.82. The average Bonchev–Trinajstić information content (AvgIpc) is 1.98. The van der Waals surface area contributed by atoms with Crippen LogP contribution in [-0.2, 0) is 9.59 Å². The van der Waals surface area contributed by atoms with Crippen LogP contribution in [0.1, 0.15) is 6.42 Å². The molecule has 0 saturated carbocycles. The monoisotopic (exact) mass is 135 g/mol. The van der Waals surface area contributed by atoms with E-state index in [9.17, 15) is 9.59 Å². The van der Waals surface area contributed by atoms with Crippen LogP contribution in [0.4, 0.5) is 0 Å². The Morgan fingerprint density at radius 1 is 1.89 bits per heavy atom. The molecule has 0 aliphatic heterocycles. The summed E-state index contributed by atoms with van der Waals surface area (Å²) in [6.07, 6.45) is -0.509. The molecular formula is C4H8N2O3. The second kappa shape index (κ2) is 3.03. The number of hydrogen-bond acceptors (Lipinski definition) is 4. The summed E-state index contributed by atoms with van der Waals surface area (Å²) in [5.41, 5.74) is 4.70. The van der Waals surface area contributed by atoms with Gasteiger partial charge in [-0.05, 0) is 0 Å². The SMILES string of the molecule is [2H]OC(=O)[C@H](CC(N)=O)N([2H])[2H]. The van der Waals surface area contributed by atoms with E-state index in [1.165, 1.54) is 0 Å². The molecule has 5 nitrogen and oxygen atoms in total. The molecule has 0 radical (unpaired) electrons. The molecule has 0 saturated heterocycles. The quantitative estimate of drug-likeness (QED) is 0.426. The molecule has 5 N–H and O–H groups in total. The number of carbonyl (C=O) groups excluding carboxylic acids is 1. The number of carboxylic acid groups (broad SMARTS) is 1. The Kier molecular flexibility index (Phi) is 1.29. The predicted octanol–water partition coefficient (Wildman–Crippen LogP) is -1.73. The third-order valence-corrected chi connectivity index (χ3v) is 0.667. The van der Waals surface area contributed by atoms with E-state index in [0.29, 0.717) is 0 Å². The number of carboxylic acids is 1. The third kappa shape index (κ3) is 3.48. The van der Waals surface area contributed by atoms with Gasteiger partial charge in [-0.1, -0.05) is 0 Å². The van der Waals surface area contributed by atoms with Gasteiger partial charge in [0.2, 0.25) is 5.91 Å². The first-order valence-corrected chi connectivity index (χ1v) is 2.21. The molecular weight excluding hydrogens is 124 g/mol. The van der Waals surface area contributed by atoms with E-state index in [4.69, 9.17) is 9.99 Å². The molecule has 0 aromatic carbocycles. The average molecular weight is 135 g/mol. The lowest BCUT2D eigenvalue weighted by Gasteiger charge is -1.99. The molecule has 9 heavy (non-hydrogen) atoms. The first kappa shape index (κ1) is 3.84. The van der Waals surface area contributed by atoms with Gasteiger partial charge in [0.25, 0.3) is 1.43 Å². The van der Waals surface area contributed by atoms with E-state index >= 15 is 0 Å². The van der Waals surface area contributed by atoms with Gasteiger partial charge in [-0.25, -0.2) is 0 Å². The van der Waals surface area contributed by atoms with Crippen LogP contribution in [0.25, 0.3) is 1.43 Å². The number of primary amides is 1. The molecule has 0 heterocycles. The van der Waals surface area contributed by atoms with Crippen molar-refractivity contribution in [1.29, 1.82) is 1.43 Å². The summed E-state index contributed by atoms with van der Waals surface area (Å²) in [5, 5.41) is 3.50. The fourth-order valence-corrected chi connectivity index (χ4v) is 0.274. The summed E-state index contributed by atoms with van der Waals surface area (Å²) in [5.74, 6) is -1.99. The van der Waals surface area contributed by atoms with Crippen LogP contribution in [0, 0.1) is 0 Å². The molecule has 0 aliphatic rings. The van der Waals surface area contributed by atoms with Gasteiger partial charge in [0.05, 0.1) is 6.42 Å². The number of nitrogens with two attached hydrogens (primary N) is 2. The summed E-state index contributed by atoms with van der Waals surface area (Å²) in [7, 11) is 0. The number of rotatable bonds is 4. The fraction of sp³-hybridized carbons (Fsp3) is 0.500. The Labute approximate surface area is 56.0 Å². The highest BCUT2D eigenvalue weighted by Crippen LogP contribution is 1.84. The third-order valence-electron chi connectivity index (χ3n) is 0.667. The summed E-state index contributed by atoms with van der Waals surface area (Å²) < 4.78 is 19.5. The Bertz CT molecular complexity index is 186. The lowest BCUT2D eigenvalue weighted by Crippen LogP contribution is -2.34.